The van der Waals surface area contributed by atoms with Crippen LogP contribution in [0, 0.1) is 12.7 Å². The van der Waals surface area contributed by atoms with Crippen molar-refractivity contribution in [1.82, 2.24) is 9.97 Å². The van der Waals surface area contributed by atoms with Crippen LogP contribution in [0.1, 0.15) is 5.69 Å². The molecular weight excluding hydrogens is 308 g/mol. The third-order valence-corrected chi connectivity index (χ3v) is 3.11. The molecule has 0 saturated carbocycles. The average Bonchev–Trinajstić information content (AvgIpc) is 2.25. The van der Waals surface area contributed by atoms with E-state index in [-0.39, 0.29) is 11.5 Å². The highest BCUT2D eigenvalue weighted by Gasteiger charge is 2.12. The lowest BCUT2D eigenvalue weighted by Crippen LogP contribution is -2.03. The van der Waals surface area contributed by atoms with Gasteiger partial charge in [-0.2, -0.15) is 0 Å². The molecule has 0 spiro atoms. The van der Waals surface area contributed by atoms with Crippen molar-refractivity contribution in [3.8, 4) is 11.4 Å². The summed E-state index contributed by atoms with van der Waals surface area (Å²) in [6.07, 6.45) is 0. The van der Waals surface area contributed by atoms with Crippen molar-refractivity contribution >= 4 is 33.3 Å². The number of aryl methyl sites for hydroxylation is 1. The Balaban J connectivity index is 2.61. The number of rotatable bonds is 1. The molecule has 1 aromatic heterocycles. The summed E-state index contributed by atoms with van der Waals surface area (Å²) < 4.78 is 14.0. The summed E-state index contributed by atoms with van der Waals surface area (Å²) in [5.41, 5.74) is 6.40. The van der Waals surface area contributed by atoms with Crippen molar-refractivity contribution < 1.29 is 4.39 Å². The van der Waals surface area contributed by atoms with E-state index in [2.05, 4.69) is 25.9 Å². The van der Waals surface area contributed by atoms with Gasteiger partial charge in [0.2, 0.25) is 0 Å². The van der Waals surface area contributed by atoms with Crippen LogP contribution in [-0.2, 0) is 0 Å². The summed E-state index contributed by atoms with van der Waals surface area (Å²) >= 11 is 9.19. The molecule has 2 rings (SSSR count). The normalized spacial score (nSPS) is 10.6. The van der Waals surface area contributed by atoms with Crippen molar-refractivity contribution in [2.45, 2.75) is 6.92 Å². The predicted octanol–water partition coefficient (Wildman–Crippen LogP) is 3.59. The van der Waals surface area contributed by atoms with Crippen LogP contribution in [0.5, 0.6) is 0 Å². The van der Waals surface area contributed by atoms with Gasteiger partial charge in [-0.15, -0.1) is 0 Å². The molecule has 6 heteroatoms. The van der Waals surface area contributed by atoms with Gasteiger partial charge in [0, 0.05) is 15.1 Å². The third kappa shape index (κ3) is 2.40. The minimum absolute atomic E-state index is 0.158. The summed E-state index contributed by atoms with van der Waals surface area (Å²) in [6.45, 7) is 1.54. The molecule has 88 valence electrons. The van der Waals surface area contributed by atoms with Crippen molar-refractivity contribution in [2.75, 3.05) is 5.73 Å². The molecule has 0 aliphatic heterocycles. The van der Waals surface area contributed by atoms with E-state index < -0.39 is 5.82 Å². The van der Waals surface area contributed by atoms with Crippen LogP contribution in [-0.4, -0.2) is 9.97 Å². The van der Waals surface area contributed by atoms with Crippen molar-refractivity contribution in [3.63, 3.8) is 0 Å². The van der Waals surface area contributed by atoms with Gasteiger partial charge in [-0.25, -0.2) is 14.4 Å². The van der Waals surface area contributed by atoms with Crippen LogP contribution >= 0.6 is 27.5 Å². The number of hydrogen-bond acceptors (Lipinski definition) is 3. The summed E-state index contributed by atoms with van der Waals surface area (Å²) in [5.74, 6) is -0.377. The van der Waals surface area contributed by atoms with Gasteiger partial charge in [0.05, 0.1) is 5.69 Å². The molecule has 0 aliphatic rings. The van der Waals surface area contributed by atoms with Crippen molar-refractivity contribution in [2.24, 2.45) is 0 Å². The number of hydrogen-bond donors (Lipinski definition) is 1. The van der Waals surface area contributed by atoms with Crippen LogP contribution in [0.25, 0.3) is 11.4 Å². The zero-order valence-electron chi connectivity index (χ0n) is 8.84. The summed E-state index contributed by atoms with van der Waals surface area (Å²) in [5, 5.41) is 0.590. The van der Waals surface area contributed by atoms with Gasteiger partial charge < -0.3 is 5.73 Å². The quantitative estimate of drug-likeness (QED) is 0.874. The van der Waals surface area contributed by atoms with Gasteiger partial charge in [-0.05, 0) is 41.1 Å². The highest BCUT2D eigenvalue weighted by atomic mass is 79.9. The first-order valence-electron chi connectivity index (χ1n) is 4.74. The Morgan fingerprint density at radius 3 is 2.65 bits per heavy atom. The van der Waals surface area contributed by atoms with Gasteiger partial charge in [-0.3, -0.25) is 0 Å². The fourth-order valence-electron chi connectivity index (χ4n) is 1.37. The van der Waals surface area contributed by atoms with Gasteiger partial charge in [0.25, 0.3) is 0 Å². The number of aromatic nitrogens is 2. The van der Waals surface area contributed by atoms with Crippen molar-refractivity contribution in [1.29, 1.82) is 0 Å². The smallest absolute Gasteiger partial charge is 0.186 e. The second kappa shape index (κ2) is 4.58. The second-order valence-electron chi connectivity index (χ2n) is 3.46. The number of benzene rings is 1. The first-order chi connectivity index (χ1) is 7.99. The maximum atomic E-state index is 13.3. The third-order valence-electron chi connectivity index (χ3n) is 2.21. The number of nitrogen functional groups attached to an aromatic ring is 1. The Labute approximate surface area is 111 Å². The fourth-order valence-corrected chi connectivity index (χ4v) is 2.23. The highest BCUT2D eigenvalue weighted by Crippen LogP contribution is 2.29. The lowest BCUT2D eigenvalue weighted by atomic mass is 10.2. The number of nitrogens with two attached hydrogens (primary N) is 1. The van der Waals surface area contributed by atoms with E-state index in [4.69, 9.17) is 17.3 Å². The van der Waals surface area contributed by atoms with E-state index in [0.29, 0.717) is 16.4 Å². The highest BCUT2D eigenvalue weighted by molar-refractivity contribution is 9.10. The molecule has 0 aliphatic carbocycles. The maximum absolute atomic E-state index is 13.3. The van der Waals surface area contributed by atoms with Crippen LogP contribution < -0.4 is 5.73 Å². The lowest BCUT2D eigenvalue weighted by molar-refractivity contribution is 0.608. The zero-order chi connectivity index (χ0) is 12.6. The number of anilines is 1. The molecular formula is C11H8BrClFN3. The predicted molar refractivity (Wildman–Crippen MR) is 69.3 cm³/mol. The van der Waals surface area contributed by atoms with E-state index >= 15 is 0 Å². The fraction of sp³-hybridized carbons (Fsp3) is 0.0909. The first-order valence-corrected chi connectivity index (χ1v) is 5.91. The standard InChI is InChI=1S/C11H8BrClFN3/c1-5-9(14)10(15)17-11(16-5)7-3-2-6(13)4-8(7)12/h2-4H,1H3,(H2,15,16,17). The molecule has 0 atom stereocenters. The Kier molecular flexibility index (Phi) is 3.31. The Bertz CT molecular complexity index is 566. The molecule has 17 heavy (non-hydrogen) atoms. The Morgan fingerprint density at radius 2 is 2.06 bits per heavy atom. The van der Waals surface area contributed by atoms with Crippen LogP contribution in [0.2, 0.25) is 5.02 Å². The summed E-state index contributed by atoms with van der Waals surface area (Å²) in [7, 11) is 0. The van der Waals surface area contributed by atoms with Gasteiger partial charge in [0.15, 0.2) is 17.5 Å². The van der Waals surface area contributed by atoms with Gasteiger partial charge in [0.1, 0.15) is 0 Å². The van der Waals surface area contributed by atoms with E-state index in [1.165, 1.54) is 0 Å². The first kappa shape index (κ1) is 12.3. The molecule has 0 unspecified atom stereocenters. The largest absolute Gasteiger partial charge is 0.381 e. The molecule has 1 aromatic carbocycles. The maximum Gasteiger partial charge on any atom is 0.186 e. The molecule has 0 bridgehead atoms. The molecule has 0 radical (unpaired) electrons. The van der Waals surface area contributed by atoms with Gasteiger partial charge >= 0.3 is 0 Å². The number of nitrogens with zero attached hydrogens (tertiary/aromatic N) is 2. The van der Waals surface area contributed by atoms with Gasteiger partial charge in [-0.1, -0.05) is 11.6 Å². The van der Waals surface area contributed by atoms with E-state index in [9.17, 15) is 4.39 Å². The lowest BCUT2D eigenvalue weighted by Gasteiger charge is -2.06. The minimum atomic E-state index is -0.584. The average molecular weight is 317 g/mol. The van der Waals surface area contributed by atoms with Crippen LogP contribution in [0.15, 0.2) is 22.7 Å². The molecule has 2 aromatic rings. The Hall–Kier alpha value is -1.20. The van der Waals surface area contributed by atoms with Crippen LogP contribution in [0.3, 0.4) is 0 Å². The SMILES string of the molecule is Cc1nc(-c2ccc(Cl)cc2Br)nc(N)c1F. The topological polar surface area (TPSA) is 51.8 Å². The monoisotopic (exact) mass is 315 g/mol. The molecule has 3 nitrogen and oxygen atoms in total. The molecule has 2 N–H and O–H groups in total. The zero-order valence-corrected chi connectivity index (χ0v) is 11.2. The minimum Gasteiger partial charge on any atom is -0.381 e. The molecule has 0 fully saturated rings. The Morgan fingerprint density at radius 1 is 1.35 bits per heavy atom. The van der Waals surface area contributed by atoms with Crippen molar-refractivity contribution in [3.05, 3.63) is 39.2 Å². The number of halogens is 3. The molecule has 0 amide bonds. The second-order valence-corrected chi connectivity index (χ2v) is 4.75. The van der Waals surface area contributed by atoms with E-state index in [0.717, 1.165) is 4.47 Å². The molecule has 0 saturated heterocycles. The summed E-state index contributed by atoms with van der Waals surface area (Å²) in [4.78, 5) is 7.97. The van der Waals surface area contributed by atoms with Crippen LogP contribution in [0.4, 0.5) is 10.2 Å². The summed E-state index contributed by atoms with van der Waals surface area (Å²) in [6, 6.07) is 5.17. The van der Waals surface area contributed by atoms with E-state index in [1.807, 2.05) is 0 Å². The molecule has 1 heterocycles. The van der Waals surface area contributed by atoms with E-state index in [1.54, 1.807) is 25.1 Å².